The van der Waals surface area contributed by atoms with Crippen LogP contribution in [0.4, 0.5) is 10.1 Å². The van der Waals surface area contributed by atoms with Gasteiger partial charge in [0.05, 0.1) is 18.7 Å². The van der Waals surface area contributed by atoms with Gasteiger partial charge in [-0.3, -0.25) is 9.69 Å². The number of amides is 1. The van der Waals surface area contributed by atoms with Crippen molar-refractivity contribution in [1.29, 1.82) is 0 Å². The molecule has 0 spiro atoms. The Labute approximate surface area is 167 Å². The van der Waals surface area contributed by atoms with Gasteiger partial charge in [0, 0.05) is 22.9 Å². The zero-order valence-electron chi connectivity index (χ0n) is 15.0. The highest BCUT2D eigenvalue weighted by atomic mass is 35.5. The molecule has 142 valence electrons. The third-order valence-electron chi connectivity index (χ3n) is 4.05. The van der Waals surface area contributed by atoms with Crippen LogP contribution in [0.1, 0.15) is 18.9 Å². The van der Waals surface area contributed by atoms with Crippen molar-refractivity contribution < 1.29 is 13.9 Å². The summed E-state index contributed by atoms with van der Waals surface area (Å²) in [6, 6.07) is 11.8. The molecule has 2 aromatic rings. The Morgan fingerprint density at radius 3 is 2.78 bits per heavy atom. The first kappa shape index (κ1) is 19.7. The number of rotatable bonds is 5. The van der Waals surface area contributed by atoms with Crippen LogP contribution in [0.25, 0.3) is 0 Å². The minimum atomic E-state index is -0.467. The van der Waals surface area contributed by atoms with Crippen LogP contribution in [0.3, 0.4) is 0 Å². The normalized spacial score (nSPS) is 15.8. The largest absolute Gasteiger partial charge is 0.494 e. The van der Waals surface area contributed by atoms with Gasteiger partial charge in [-0.05, 0) is 49.7 Å². The fraction of sp³-hybridized carbons (Fsp3) is 0.300. The van der Waals surface area contributed by atoms with Crippen molar-refractivity contribution in [2.24, 2.45) is 4.99 Å². The maximum absolute atomic E-state index is 14.0. The molecule has 0 unspecified atom stereocenters. The predicted octanol–water partition coefficient (Wildman–Crippen LogP) is 5.07. The molecule has 1 aliphatic rings. The first-order valence-corrected chi connectivity index (χ1v) is 10.1. The number of hydrogen-bond donors (Lipinski definition) is 0. The topological polar surface area (TPSA) is 41.9 Å². The Bertz CT molecular complexity index is 822. The zero-order valence-corrected chi connectivity index (χ0v) is 16.5. The van der Waals surface area contributed by atoms with Crippen LogP contribution in [0.15, 0.2) is 47.5 Å². The molecule has 0 aromatic heterocycles. The smallest absolute Gasteiger partial charge is 0.233 e. The second kappa shape index (κ2) is 9.24. The van der Waals surface area contributed by atoms with Crippen LogP contribution in [0.2, 0.25) is 5.02 Å². The Balaban J connectivity index is 1.79. The van der Waals surface area contributed by atoms with E-state index in [0.717, 1.165) is 23.6 Å². The van der Waals surface area contributed by atoms with Crippen LogP contribution in [0.5, 0.6) is 5.75 Å². The van der Waals surface area contributed by atoms with Gasteiger partial charge >= 0.3 is 0 Å². The van der Waals surface area contributed by atoms with Crippen molar-refractivity contribution in [2.45, 2.75) is 19.8 Å². The van der Waals surface area contributed by atoms with Crippen LogP contribution >= 0.6 is 23.4 Å². The van der Waals surface area contributed by atoms with Crippen molar-refractivity contribution in [3.8, 4) is 5.75 Å². The number of aliphatic imine (C=N–C) groups is 1. The van der Waals surface area contributed by atoms with Gasteiger partial charge in [0.2, 0.25) is 5.91 Å². The molecule has 27 heavy (non-hydrogen) atoms. The van der Waals surface area contributed by atoms with Crippen LogP contribution in [-0.2, 0) is 11.2 Å². The molecule has 0 aliphatic carbocycles. The average Bonchev–Trinajstić information content (AvgIpc) is 2.67. The number of carbonyl (C=O) groups is 1. The van der Waals surface area contributed by atoms with E-state index in [-0.39, 0.29) is 22.9 Å². The number of benzene rings is 2. The van der Waals surface area contributed by atoms with E-state index in [1.165, 1.54) is 23.9 Å². The number of amidine groups is 1. The molecule has 1 saturated heterocycles. The number of nitrogens with zero attached hydrogens (tertiary/aromatic N) is 2. The minimum absolute atomic E-state index is 0.0889. The summed E-state index contributed by atoms with van der Waals surface area (Å²) in [6.07, 6.45) is 0.776. The summed E-state index contributed by atoms with van der Waals surface area (Å²) in [6.45, 7) is 3.09. The van der Waals surface area contributed by atoms with Crippen molar-refractivity contribution in [3.63, 3.8) is 0 Å². The van der Waals surface area contributed by atoms with Gasteiger partial charge in [0.1, 0.15) is 11.6 Å². The Morgan fingerprint density at radius 1 is 1.30 bits per heavy atom. The Kier molecular flexibility index (Phi) is 6.74. The lowest BCUT2D eigenvalue weighted by molar-refractivity contribution is -0.126. The van der Waals surface area contributed by atoms with Crippen LogP contribution < -0.4 is 4.74 Å². The molecule has 2 aromatic carbocycles. The van der Waals surface area contributed by atoms with Gasteiger partial charge in [-0.1, -0.05) is 29.4 Å². The van der Waals surface area contributed by atoms with Gasteiger partial charge in [-0.15, -0.1) is 0 Å². The molecule has 0 atom stereocenters. The summed E-state index contributed by atoms with van der Waals surface area (Å²) in [4.78, 5) is 19.0. The zero-order chi connectivity index (χ0) is 19.2. The first-order chi connectivity index (χ1) is 13.1. The molecular weight excluding hydrogens is 387 g/mol. The predicted molar refractivity (Wildman–Crippen MR) is 109 cm³/mol. The number of ether oxygens (including phenoxy) is 1. The molecule has 1 fully saturated rings. The van der Waals surface area contributed by atoms with E-state index in [1.54, 1.807) is 11.0 Å². The van der Waals surface area contributed by atoms with E-state index >= 15 is 0 Å². The molecule has 0 bridgehead atoms. The van der Waals surface area contributed by atoms with E-state index in [9.17, 15) is 9.18 Å². The number of carbonyl (C=O) groups excluding carboxylic acids is 1. The monoisotopic (exact) mass is 406 g/mol. The fourth-order valence-corrected chi connectivity index (χ4v) is 3.93. The molecule has 3 rings (SSSR count). The summed E-state index contributed by atoms with van der Waals surface area (Å²) >= 11 is 7.59. The second-order valence-electron chi connectivity index (χ2n) is 5.95. The van der Waals surface area contributed by atoms with Crippen molar-refractivity contribution in [1.82, 2.24) is 4.90 Å². The lowest BCUT2D eigenvalue weighted by Crippen LogP contribution is -2.40. The molecule has 1 heterocycles. The quantitative estimate of drug-likeness (QED) is 0.695. The summed E-state index contributed by atoms with van der Waals surface area (Å²) in [5.74, 6) is 0.990. The standard InChI is InChI=1S/C20H20ClFN2O2S/c1-2-26-15-9-7-14(8-10-15)23-20-24(11-4-12-27-20)19(25)13-16-17(21)5-3-6-18(16)22/h3,5-10H,2,4,11-13H2,1H3. The third kappa shape index (κ3) is 5.02. The molecule has 0 N–H and O–H groups in total. The first-order valence-electron chi connectivity index (χ1n) is 8.76. The van der Waals surface area contributed by atoms with E-state index in [2.05, 4.69) is 4.99 Å². The van der Waals surface area contributed by atoms with Gasteiger partial charge < -0.3 is 4.74 Å². The Morgan fingerprint density at radius 2 is 2.07 bits per heavy atom. The van der Waals surface area contributed by atoms with Crippen molar-refractivity contribution in [3.05, 3.63) is 58.9 Å². The number of halogens is 2. The van der Waals surface area contributed by atoms with Crippen LogP contribution in [-0.4, -0.2) is 34.9 Å². The molecule has 0 saturated carbocycles. The van der Waals surface area contributed by atoms with Gasteiger partial charge in [0.25, 0.3) is 0 Å². The average molecular weight is 407 g/mol. The molecule has 1 amide bonds. The number of thioether (sulfide) groups is 1. The second-order valence-corrected chi connectivity index (χ2v) is 7.41. The molecule has 0 radical (unpaired) electrons. The molecule has 4 nitrogen and oxygen atoms in total. The fourth-order valence-electron chi connectivity index (χ4n) is 2.73. The van der Waals surface area contributed by atoms with Crippen molar-refractivity contribution in [2.75, 3.05) is 18.9 Å². The third-order valence-corrected chi connectivity index (χ3v) is 5.47. The summed E-state index contributed by atoms with van der Waals surface area (Å²) in [7, 11) is 0. The van der Waals surface area contributed by atoms with E-state index in [1.807, 2.05) is 31.2 Å². The molecule has 1 aliphatic heterocycles. The highest BCUT2D eigenvalue weighted by Crippen LogP contribution is 2.26. The molecular formula is C20H20ClFN2O2S. The highest BCUT2D eigenvalue weighted by molar-refractivity contribution is 8.13. The maximum atomic E-state index is 14.0. The highest BCUT2D eigenvalue weighted by Gasteiger charge is 2.25. The van der Waals surface area contributed by atoms with E-state index in [0.29, 0.717) is 18.3 Å². The van der Waals surface area contributed by atoms with E-state index in [4.69, 9.17) is 16.3 Å². The Hall–Kier alpha value is -2.05. The lowest BCUT2D eigenvalue weighted by Gasteiger charge is -2.28. The minimum Gasteiger partial charge on any atom is -0.494 e. The summed E-state index contributed by atoms with van der Waals surface area (Å²) < 4.78 is 19.5. The maximum Gasteiger partial charge on any atom is 0.233 e. The van der Waals surface area contributed by atoms with Gasteiger partial charge in [-0.2, -0.15) is 0 Å². The van der Waals surface area contributed by atoms with Gasteiger partial charge in [-0.25, -0.2) is 9.38 Å². The van der Waals surface area contributed by atoms with Crippen LogP contribution in [0, 0.1) is 5.82 Å². The summed E-state index contributed by atoms with van der Waals surface area (Å²) in [5, 5.41) is 0.890. The van der Waals surface area contributed by atoms with E-state index < -0.39 is 5.82 Å². The lowest BCUT2D eigenvalue weighted by atomic mass is 10.1. The van der Waals surface area contributed by atoms with Gasteiger partial charge in [0.15, 0.2) is 5.17 Å². The summed E-state index contributed by atoms with van der Waals surface area (Å²) in [5.41, 5.74) is 0.963. The number of hydrogen-bond acceptors (Lipinski definition) is 4. The van der Waals surface area contributed by atoms with Crippen molar-refractivity contribution >= 4 is 40.1 Å². The molecule has 7 heteroatoms. The SMILES string of the molecule is CCOc1ccc(N=C2SCCCN2C(=O)Cc2c(F)cccc2Cl)cc1.